The van der Waals surface area contributed by atoms with Gasteiger partial charge in [0, 0.05) is 13.1 Å². The number of likely N-dealkylation sites (N-methyl/N-ethyl adjacent to an activating group) is 2. The second-order valence-electron chi connectivity index (χ2n) is 7.65. The fourth-order valence-corrected chi connectivity index (χ4v) is 3.14. The first-order valence-corrected chi connectivity index (χ1v) is 10.8. The zero-order valence-electron chi connectivity index (χ0n) is 18.1. The van der Waals surface area contributed by atoms with Crippen LogP contribution in [0.2, 0.25) is 0 Å². The molecule has 0 N–H and O–H groups in total. The molecule has 0 aliphatic carbocycles. The molecule has 0 saturated carbocycles. The zero-order valence-corrected chi connectivity index (χ0v) is 18.1. The van der Waals surface area contributed by atoms with Gasteiger partial charge in [-0.3, -0.25) is 0 Å². The van der Waals surface area contributed by atoms with Gasteiger partial charge < -0.3 is 9.80 Å². The van der Waals surface area contributed by atoms with Crippen LogP contribution in [0.15, 0.2) is 70.6 Å². The third kappa shape index (κ3) is 11.4. The average Bonchev–Trinajstić information content (AvgIpc) is 2.76. The van der Waals surface area contributed by atoms with E-state index >= 15 is 0 Å². The van der Waals surface area contributed by atoms with Crippen LogP contribution in [-0.2, 0) is 12.8 Å². The van der Waals surface area contributed by atoms with Gasteiger partial charge in [-0.2, -0.15) is 0 Å². The second-order valence-corrected chi connectivity index (χ2v) is 7.65. The molecular weight excluding hydrogens is 356 g/mol. The van der Waals surface area contributed by atoms with Gasteiger partial charge >= 0.3 is 0 Å². The topological polar surface area (TPSA) is 31.2 Å². The van der Waals surface area contributed by atoms with E-state index in [1.54, 1.807) is 0 Å². The van der Waals surface area contributed by atoms with E-state index < -0.39 is 0 Å². The first-order valence-electron chi connectivity index (χ1n) is 10.8. The van der Waals surface area contributed by atoms with Gasteiger partial charge in [-0.1, -0.05) is 60.7 Å². The average molecular weight is 393 g/mol. The van der Waals surface area contributed by atoms with Crippen LogP contribution < -0.4 is 0 Å². The number of hydrogen-bond acceptors (Lipinski definition) is 4. The zero-order chi connectivity index (χ0) is 20.6. The van der Waals surface area contributed by atoms with Crippen molar-refractivity contribution in [3.05, 3.63) is 71.8 Å². The highest BCUT2D eigenvalue weighted by Gasteiger charge is 1.99. The van der Waals surface area contributed by atoms with Gasteiger partial charge in [0.2, 0.25) is 0 Å². The molecule has 0 aliphatic heterocycles. The number of rotatable bonds is 14. The molecule has 4 heteroatoms. The third-order valence-corrected chi connectivity index (χ3v) is 5.01. The van der Waals surface area contributed by atoms with Crippen LogP contribution in [0.4, 0.5) is 0 Å². The maximum atomic E-state index is 4.30. The first kappa shape index (κ1) is 23.0. The maximum absolute atomic E-state index is 4.30. The first-order chi connectivity index (χ1) is 14.2. The van der Waals surface area contributed by atoms with Crippen LogP contribution in [0, 0.1) is 0 Å². The van der Waals surface area contributed by atoms with Crippen LogP contribution in [0.25, 0.3) is 0 Å². The van der Waals surface area contributed by atoms with Gasteiger partial charge in [0.25, 0.3) is 0 Å². The Hall–Kier alpha value is -2.26. The molecule has 0 amide bonds. The standard InChI is InChI=1S/C25H36N4/c1-28(21-15-24-11-5-3-6-12-24)19-9-17-26-23-27-18-10-20-29(2)22-16-25-13-7-4-8-14-25/h3-8,11-14H,9-10,15-22H2,1-2H3. The van der Waals surface area contributed by atoms with E-state index in [9.17, 15) is 0 Å². The van der Waals surface area contributed by atoms with Crippen LogP contribution in [-0.4, -0.2) is 69.2 Å². The van der Waals surface area contributed by atoms with E-state index in [0.717, 1.165) is 65.0 Å². The van der Waals surface area contributed by atoms with Crippen molar-refractivity contribution in [2.75, 3.05) is 53.4 Å². The molecule has 0 unspecified atom stereocenters. The number of nitrogens with zero attached hydrogens (tertiary/aromatic N) is 4. The van der Waals surface area contributed by atoms with E-state index in [0.29, 0.717) is 0 Å². The summed E-state index contributed by atoms with van der Waals surface area (Å²) in [5.41, 5.74) is 2.80. The largest absolute Gasteiger partial charge is 0.306 e. The predicted molar refractivity (Wildman–Crippen MR) is 124 cm³/mol. The second kappa shape index (κ2) is 14.7. The Bertz CT molecular complexity index is 649. The molecule has 0 saturated heterocycles. The van der Waals surface area contributed by atoms with Crippen molar-refractivity contribution in [3.8, 4) is 0 Å². The summed E-state index contributed by atoms with van der Waals surface area (Å²) in [5.74, 6) is 0. The van der Waals surface area contributed by atoms with Crippen LogP contribution in [0.3, 0.4) is 0 Å². The lowest BCUT2D eigenvalue weighted by molar-refractivity contribution is 0.335. The van der Waals surface area contributed by atoms with Crippen molar-refractivity contribution in [1.29, 1.82) is 0 Å². The van der Waals surface area contributed by atoms with Gasteiger partial charge in [0.15, 0.2) is 0 Å². The Balaban J connectivity index is 1.45. The SMILES string of the molecule is CN(CCCN=C=NCCCN(C)CCc1ccccc1)CCc1ccccc1. The maximum Gasteiger partial charge on any atom is 0.0892 e. The molecular formula is C25H36N4. The minimum Gasteiger partial charge on any atom is -0.306 e. The van der Waals surface area contributed by atoms with Gasteiger partial charge in [-0.25, -0.2) is 9.98 Å². The van der Waals surface area contributed by atoms with E-state index in [1.165, 1.54) is 11.1 Å². The van der Waals surface area contributed by atoms with Gasteiger partial charge in [-0.15, -0.1) is 0 Å². The van der Waals surface area contributed by atoms with E-state index in [-0.39, 0.29) is 0 Å². The lowest BCUT2D eigenvalue weighted by Crippen LogP contribution is -2.23. The van der Waals surface area contributed by atoms with Gasteiger partial charge in [0.05, 0.1) is 19.1 Å². The van der Waals surface area contributed by atoms with Crippen molar-refractivity contribution in [3.63, 3.8) is 0 Å². The van der Waals surface area contributed by atoms with Crippen molar-refractivity contribution in [1.82, 2.24) is 9.80 Å². The molecule has 0 aliphatic rings. The minimum atomic E-state index is 0.802. The van der Waals surface area contributed by atoms with Crippen LogP contribution >= 0.6 is 0 Å². The number of hydrogen-bond donors (Lipinski definition) is 0. The third-order valence-electron chi connectivity index (χ3n) is 5.01. The fourth-order valence-electron chi connectivity index (χ4n) is 3.14. The number of aliphatic imine (C=N–C) groups is 2. The quantitative estimate of drug-likeness (QED) is 0.355. The number of benzene rings is 2. The Morgan fingerprint density at radius 2 is 1.03 bits per heavy atom. The monoisotopic (exact) mass is 392 g/mol. The molecule has 0 atom stereocenters. The highest BCUT2D eigenvalue weighted by molar-refractivity contribution is 5.40. The summed E-state index contributed by atoms with van der Waals surface area (Å²) in [6.07, 6.45) is 4.30. The molecule has 156 valence electrons. The van der Waals surface area contributed by atoms with Crippen molar-refractivity contribution < 1.29 is 0 Å². The van der Waals surface area contributed by atoms with Gasteiger partial charge in [-0.05, 0) is 64.0 Å². The summed E-state index contributed by atoms with van der Waals surface area (Å²) >= 11 is 0. The summed E-state index contributed by atoms with van der Waals surface area (Å²) < 4.78 is 0. The van der Waals surface area contributed by atoms with E-state index in [4.69, 9.17) is 0 Å². The fraction of sp³-hybridized carbons (Fsp3) is 0.480. The Kier molecular flexibility index (Phi) is 11.7. The molecule has 0 aromatic heterocycles. The highest BCUT2D eigenvalue weighted by atomic mass is 15.1. The van der Waals surface area contributed by atoms with Crippen molar-refractivity contribution >= 4 is 6.01 Å². The molecule has 0 bridgehead atoms. The lowest BCUT2D eigenvalue weighted by Gasteiger charge is -2.15. The van der Waals surface area contributed by atoms with Gasteiger partial charge in [0.1, 0.15) is 0 Å². The Morgan fingerprint density at radius 1 is 0.621 bits per heavy atom. The molecule has 0 fully saturated rings. The molecule has 0 radical (unpaired) electrons. The van der Waals surface area contributed by atoms with Crippen LogP contribution in [0.1, 0.15) is 24.0 Å². The molecule has 4 nitrogen and oxygen atoms in total. The summed E-state index contributed by atoms with van der Waals surface area (Å²) in [7, 11) is 4.35. The molecule has 2 aromatic rings. The minimum absolute atomic E-state index is 0.802. The van der Waals surface area contributed by atoms with Crippen LogP contribution in [0.5, 0.6) is 0 Å². The molecule has 0 heterocycles. The Labute approximate surface area is 177 Å². The molecule has 2 rings (SSSR count). The lowest BCUT2D eigenvalue weighted by atomic mass is 10.1. The predicted octanol–water partition coefficient (Wildman–Crippen LogP) is 4.29. The normalized spacial score (nSPS) is 10.9. The van der Waals surface area contributed by atoms with Crippen molar-refractivity contribution in [2.24, 2.45) is 9.98 Å². The summed E-state index contributed by atoms with van der Waals surface area (Å²) in [6.45, 7) is 5.89. The highest BCUT2D eigenvalue weighted by Crippen LogP contribution is 2.02. The van der Waals surface area contributed by atoms with Crippen molar-refractivity contribution in [2.45, 2.75) is 25.7 Å². The van der Waals surface area contributed by atoms with E-state index in [2.05, 4.69) is 101 Å². The van der Waals surface area contributed by atoms with E-state index in [1.807, 2.05) is 0 Å². The molecule has 0 spiro atoms. The summed E-state index contributed by atoms with van der Waals surface area (Å²) in [6, 6.07) is 24.2. The molecule has 2 aromatic carbocycles. The molecule has 29 heavy (non-hydrogen) atoms. The Morgan fingerprint density at radius 3 is 1.45 bits per heavy atom. The summed E-state index contributed by atoms with van der Waals surface area (Å²) in [5, 5.41) is 0. The summed E-state index contributed by atoms with van der Waals surface area (Å²) in [4.78, 5) is 13.3. The smallest absolute Gasteiger partial charge is 0.0892 e.